The minimum atomic E-state index is -0.278. The van der Waals surface area contributed by atoms with Gasteiger partial charge in [0.15, 0.2) is 5.82 Å². The standard InChI is InChI=1S/C19H26ClN5O/c1-12-10-13(2)25(24-12)17-9-8-15(20)18(23-17)19(26)22-16(11-21)14-6-4-3-5-7-14/h8-10,14,16H,3-7,11,21H2,1-2H3,(H,22,26). The Balaban J connectivity index is 1.82. The molecule has 1 aliphatic carbocycles. The zero-order valence-electron chi connectivity index (χ0n) is 15.3. The number of hydrogen-bond donors (Lipinski definition) is 2. The number of amides is 1. The molecule has 1 unspecified atom stereocenters. The van der Waals surface area contributed by atoms with Crippen molar-refractivity contribution >= 4 is 17.5 Å². The van der Waals surface area contributed by atoms with Crippen molar-refractivity contribution in [3.05, 3.63) is 40.3 Å². The molecule has 0 aromatic carbocycles. The van der Waals surface area contributed by atoms with Crippen LogP contribution in [0.4, 0.5) is 0 Å². The lowest BCUT2D eigenvalue weighted by Gasteiger charge is -2.30. The van der Waals surface area contributed by atoms with Crippen molar-refractivity contribution in [1.82, 2.24) is 20.1 Å². The van der Waals surface area contributed by atoms with Crippen LogP contribution in [-0.2, 0) is 0 Å². The SMILES string of the molecule is Cc1cc(C)n(-c2ccc(Cl)c(C(=O)NC(CN)C3CCCCC3)n2)n1. The van der Waals surface area contributed by atoms with Gasteiger partial charge in [0.05, 0.1) is 10.7 Å². The number of nitrogens with two attached hydrogens (primary N) is 1. The molecule has 1 atom stereocenters. The third-order valence-corrected chi connectivity index (χ3v) is 5.37. The van der Waals surface area contributed by atoms with Gasteiger partial charge in [-0.2, -0.15) is 5.10 Å². The lowest BCUT2D eigenvalue weighted by atomic mass is 9.84. The van der Waals surface area contributed by atoms with Gasteiger partial charge in [-0.1, -0.05) is 30.9 Å². The molecular weight excluding hydrogens is 350 g/mol. The summed E-state index contributed by atoms with van der Waals surface area (Å²) in [5, 5.41) is 7.80. The number of nitrogens with zero attached hydrogens (tertiary/aromatic N) is 3. The normalized spacial score (nSPS) is 16.5. The Hall–Kier alpha value is -1.92. The quantitative estimate of drug-likeness (QED) is 0.840. The van der Waals surface area contributed by atoms with Crippen LogP contribution in [0.25, 0.3) is 5.82 Å². The van der Waals surface area contributed by atoms with E-state index in [1.807, 2.05) is 19.9 Å². The van der Waals surface area contributed by atoms with Gasteiger partial charge >= 0.3 is 0 Å². The molecule has 26 heavy (non-hydrogen) atoms. The minimum Gasteiger partial charge on any atom is -0.346 e. The highest BCUT2D eigenvalue weighted by atomic mass is 35.5. The van der Waals surface area contributed by atoms with E-state index in [1.54, 1.807) is 16.8 Å². The maximum Gasteiger partial charge on any atom is 0.271 e. The van der Waals surface area contributed by atoms with Crippen molar-refractivity contribution in [2.24, 2.45) is 11.7 Å². The number of halogens is 1. The first kappa shape index (κ1) is 18.9. The number of carbonyl (C=O) groups excluding carboxylic acids is 1. The van der Waals surface area contributed by atoms with Gasteiger partial charge in [0.1, 0.15) is 5.69 Å². The van der Waals surface area contributed by atoms with E-state index in [9.17, 15) is 4.79 Å². The molecule has 1 amide bonds. The lowest BCUT2D eigenvalue weighted by molar-refractivity contribution is 0.0910. The average molecular weight is 376 g/mol. The smallest absolute Gasteiger partial charge is 0.271 e. The lowest BCUT2D eigenvalue weighted by Crippen LogP contribution is -2.46. The first-order valence-electron chi connectivity index (χ1n) is 9.20. The van der Waals surface area contributed by atoms with E-state index in [0.29, 0.717) is 23.3 Å². The fourth-order valence-electron chi connectivity index (χ4n) is 3.71. The molecule has 0 spiro atoms. The monoisotopic (exact) mass is 375 g/mol. The Bertz CT molecular complexity index is 782. The molecule has 2 aromatic heterocycles. The Morgan fingerprint density at radius 2 is 2.08 bits per heavy atom. The summed E-state index contributed by atoms with van der Waals surface area (Å²) in [5.74, 6) is 0.724. The van der Waals surface area contributed by atoms with Crippen molar-refractivity contribution < 1.29 is 4.79 Å². The fraction of sp³-hybridized carbons (Fsp3) is 0.526. The summed E-state index contributed by atoms with van der Waals surface area (Å²) in [4.78, 5) is 17.3. The molecule has 0 radical (unpaired) electrons. The first-order chi connectivity index (χ1) is 12.5. The molecule has 0 aliphatic heterocycles. The van der Waals surface area contributed by atoms with E-state index in [2.05, 4.69) is 15.4 Å². The molecule has 2 heterocycles. The number of pyridine rings is 1. The zero-order chi connectivity index (χ0) is 18.7. The van der Waals surface area contributed by atoms with Crippen molar-refractivity contribution in [3.8, 4) is 5.82 Å². The third-order valence-electron chi connectivity index (χ3n) is 5.06. The number of aromatic nitrogens is 3. The largest absolute Gasteiger partial charge is 0.346 e. The second kappa shape index (κ2) is 8.18. The molecule has 7 heteroatoms. The van der Waals surface area contributed by atoms with E-state index in [-0.39, 0.29) is 17.6 Å². The Kier molecular flexibility index (Phi) is 5.94. The van der Waals surface area contributed by atoms with Crippen molar-refractivity contribution in [1.29, 1.82) is 0 Å². The van der Waals surface area contributed by atoms with Gasteiger partial charge in [0.2, 0.25) is 0 Å². The van der Waals surface area contributed by atoms with E-state index >= 15 is 0 Å². The van der Waals surface area contributed by atoms with E-state index in [4.69, 9.17) is 17.3 Å². The van der Waals surface area contributed by atoms with E-state index in [1.165, 1.54) is 19.3 Å². The highest BCUT2D eigenvalue weighted by Crippen LogP contribution is 2.26. The predicted octanol–water partition coefficient (Wildman–Crippen LogP) is 3.17. The van der Waals surface area contributed by atoms with Gasteiger partial charge in [0.25, 0.3) is 5.91 Å². The summed E-state index contributed by atoms with van der Waals surface area (Å²) in [7, 11) is 0. The van der Waals surface area contributed by atoms with E-state index in [0.717, 1.165) is 24.2 Å². The van der Waals surface area contributed by atoms with Crippen LogP contribution in [0, 0.1) is 19.8 Å². The maximum atomic E-state index is 12.8. The van der Waals surface area contributed by atoms with Crippen LogP contribution in [0.5, 0.6) is 0 Å². The molecular formula is C19H26ClN5O. The molecule has 3 rings (SSSR count). The molecule has 140 valence electrons. The van der Waals surface area contributed by atoms with Crippen LogP contribution in [0.15, 0.2) is 18.2 Å². The molecule has 1 saturated carbocycles. The first-order valence-corrected chi connectivity index (χ1v) is 9.58. The topological polar surface area (TPSA) is 85.8 Å². The number of nitrogens with one attached hydrogen (secondary N) is 1. The van der Waals surface area contributed by atoms with Crippen LogP contribution in [0.3, 0.4) is 0 Å². The summed E-state index contributed by atoms with van der Waals surface area (Å²) in [6.45, 7) is 4.29. The Morgan fingerprint density at radius 1 is 1.35 bits per heavy atom. The Labute approximate surface area is 159 Å². The number of aryl methyl sites for hydroxylation is 2. The molecule has 0 bridgehead atoms. The summed E-state index contributed by atoms with van der Waals surface area (Å²) < 4.78 is 1.71. The van der Waals surface area contributed by atoms with Gasteiger partial charge in [0, 0.05) is 18.3 Å². The van der Waals surface area contributed by atoms with Crippen LogP contribution in [-0.4, -0.2) is 33.3 Å². The van der Waals surface area contributed by atoms with Gasteiger partial charge in [-0.25, -0.2) is 9.67 Å². The van der Waals surface area contributed by atoms with Gasteiger partial charge < -0.3 is 11.1 Å². The zero-order valence-corrected chi connectivity index (χ0v) is 16.1. The average Bonchev–Trinajstić information content (AvgIpc) is 2.98. The van der Waals surface area contributed by atoms with Crippen molar-refractivity contribution in [3.63, 3.8) is 0 Å². The molecule has 1 fully saturated rings. The van der Waals surface area contributed by atoms with Crippen molar-refractivity contribution in [2.45, 2.75) is 52.0 Å². The maximum absolute atomic E-state index is 12.8. The number of carbonyl (C=O) groups is 1. The van der Waals surface area contributed by atoms with Gasteiger partial charge in [-0.05, 0) is 50.8 Å². The molecule has 2 aromatic rings. The number of rotatable bonds is 5. The molecule has 0 saturated heterocycles. The highest BCUT2D eigenvalue weighted by Gasteiger charge is 2.25. The summed E-state index contributed by atoms with van der Waals surface area (Å²) in [6, 6.07) is 5.37. The van der Waals surface area contributed by atoms with E-state index < -0.39 is 0 Å². The second-order valence-electron chi connectivity index (χ2n) is 7.05. The van der Waals surface area contributed by atoms with Gasteiger partial charge in [-0.15, -0.1) is 0 Å². The fourth-order valence-corrected chi connectivity index (χ4v) is 3.90. The van der Waals surface area contributed by atoms with Gasteiger partial charge in [-0.3, -0.25) is 4.79 Å². The Morgan fingerprint density at radius 3 is 2.69 bits per heavy atom. The summed E-state index contributed by atoms with van der Waals surface area (Å²) in [5.41, 5.74) is 7.99. The summed E-state index contributed by atoms with van der Waals surface area (Å²) in [6.07, 6.45) is 5.87. The summed E-state index contributed by atoms with van der Waals surface area (Å²) >= 11 is 6.25. The van der Waals surface area contributed by atoms with Crippen LogP contribution in [0.2, 0.25) is 5.02 Å². The van der Waals surface area contributed by atoms with Crippen molar-refractivity contribution in [2.75, 3.05) is 6.54 Å². The van der Waals surface area contributed by atoms with Crippen LogP contribution < -0.4 is 11.1 Å². The number of hydrogen-bond acceptors (Lipinski definition) is 4. The van der Waals surface area contributed by atoms with Crippen LogP contribution in [0.1, 0.15) is 54.0 Å². The predicted molar refractivity (Wildman–Crippen MR) is 103 cm³/mol. The third kappa shape index (κ3) is 4.07. The minimum absolute atomic E-state index is 0.0435. The van der Waals surface area contributed by atoms with Crippen LogP contribution >= 0.6 is 11.6 Å². The molecule has 6 nitrogen and oxygen atoms in total. The molecule has 1 aliphatic rings. The second-order valence-corrected chi connectivity index (χ2v) is 7.46. The highest BCUT2D eigenvalue weighted by molar-refractivity contribution is 6.33. The molecule has 3 N–H and O–H groups in total.